The summed E-state index contributed by atoms with van der Waals surface area (Å²) in [5.74, 6) is -2.26. The van der Waals surface area contributed by atoms with E-state index in [2.05, 4.69) is 10.6 Å². The van der Waals surface area contributed by atoms with Gasteiger partial charge < -0.3 is 15.7 Å². The molecular weight excluding hydrogens is 263 g/mol. The molecule has 0 spiro atoms. The van der Waals surface area contributed by atoms with Crippen LogP contribution in [0.15, 0.2) is 18.2 Å². The molecule has 1 aromatic rings. The standard InChI is InChI=1S/C14H15FN2O3/c15-10-5-7(14(19)20)1-3-12(10)17-13(18)9-6-8-2-4-11(9)16-8/h1,3,5,8-9,11,16H,2,4,6H2,(H,17,18)(H,19,20). The Kier molecular flexibility index (Phi) is 3.17. The maximum atomic E-state index is 13.8. The first-order valence-corrected chi connectivity index (χ1v) is 6.64. The molecule has 6 heteroatoms. The number of halogens is 1. The van der Waals surface area contributed by atoms with Gasteiger partial charge in [0.25, 0.3) is 0 Å². The molecule has 2 heterocycles. The van der Waals surface area contributed by atoms with E-state index >= 15 is 0 Å². The number of rotatable bonds is 3. The number of anilines is 1. The molecule has 5 nitrogen and oxygen atoms in total. The Morgan fingerprint density at radius 3 is 2.70 bits per heavy atom. The Morgan fingerprint density at radius 2 is 2.15 bits per heavy atom. The number of amides is 1. The zero-order chi connectivity index (χ0) is 14.3. The number of carboxylic acid groups (broad SMARTS) is 1. The van der Waals surface area contributed by atoms with Gasteiger partial charge in [-0.25, -0.2) is 9.18 Å². The fourth-order valence-corrected chi connectivity index (χ4v) is 3.09. The van der Waals surface area contributed by atoms with Gasteiger partial charge in [0.1, 0.15) is 5.82 Å². The van der Waals surface area contributed by atoms with Crippen molar-refractivity contribution >= 4 is 17.6 Å². The second kappa shape index (κ2) is 4.86. The number of aromatic carboxylic acids is 1. The van der Waals surface area contributed by atoms with E-state index in [1.54, 1.807) is 0 Å². The number of fused-ring (bicyclic) bond motifs is 2. The normalized spacial score (nSPS) is 27.6. The quantitative estimate of drug-likeness (QED) is 0.784. The SMILES string of the molecule is O=C(O)c1ccc(NC(=O)C2CC3CCC2N3)c(F)c1. The zero-order valence-corrected chi connectivity index (χ0v) is 10.7. The van der Waals surface area contributed by atoms with Gasteiger partial charge in [0.15, 0.2) is 0 Å². The van der Waals surface area contributed by atoms with Crippen molar-refractivity contribution in [3.8, 4) is 0 Å². The van der Waals surface area contributed by atoms with E-state index in [9.17, 15) is 14.0 Å². The van der Waals surface area contributed by atoms with Crippen LogP contribution in [0.4, 0.5) is 10.1 Å². The molecule has 0 aromatic heterocycles. The third-order valence-electron chi connectivity index (χ3n) is 4.11. The van der Waals surface area contributed by atoms with Crippen molar-refractivity contribution in [1.82, 2.24) is 5.32 Å². The summed E-state index contributed by atoms with van der Waals surface area (Å²) in [7, 11) is 0. The highest BCUT2D eigenvalue weighted by atomic mass is 19.1. The van der Waals surface area contributed by atoms with Crippen LogP contribution in [0.25, 0.3) is 0 Å². The van der Waals surface area contributed by atoms with Crippen molar-refractivity contribution in [2.24, 2.45) is 5.92 Å². The molecule has 0 aliphatic carbocycles. The number of hydrogen-bond donors (Lipinski definition) is 3. The summed E-state index contributed by atoms with van der Waals surface area (Å²) in [6, 6.07) is 4.06. The third-order valence-corrected chi connectivity index (χ3v) is 4.11. The first-order valence-electron chi connectivity index (χ1n) is 6.64. The number of carboxylic acids is 1. The van der Waals surface area contributed by atoms with Gasteiger partial charge in [-0.05, 0) is 37.5 Å². The molecule has 2 fully saturated rings. The van der Waals surface area contributed by atoms with E-state index in [1.165, 1.54) is 12.1 Å². The molecule has 3 rings (SSSR count). The topological polar surface area (TPSA) is 78.4 Å². The molecule has 3 unspecified atom stereocenters. The molecule has 1 amide bonds. The molecule has 20 heavy (non-hydrogen) atoms. The smallest absolute Gasteiger partial charge is 0.335 e. The van der Waals surface area contributed by atoms with Gasteiger partial charge in [-0.2, -0.15) is 0 Å². The summed E-state index contributed by atoms with van der Waals surface area (Å²) in [4.78, 5) is 22.9. The number of carbonyl (C=O) groups excluding carboxylic acids is 1. The number of benzene rings is 1. The van der Waals surface area contributed by atoms with Crippen LogP contribution in [0.2, 0.25) is 0 Å². The van der Waals surface area contributed by atoms with E-state index in [1.807, 2.05) is 0 Å². The largest absolute Gasteiger partial charge is 0.478 e. The van der Waals surface area contributed by atoms with E-state index in [4.69, 9.17) is 5.11 Å². The Balaban J connectivity index is 1.71. The van der Waals surface area contributed by atoms with Crippen LogP contribution >= 0.6 is 0 Å². The minimum absolute atomic E-state index is 0.0303. The van der Waals surface area contributed by atoms with Gasteiger partial charge in [0.2, 0.25) is 5.91 Å². The van der Waals surface area contributed by atoms with Gasteiger partial charge >= 0.3 is 5.97 Å². The van der Waals surface area contributed by atoms with Crippen molar-refractivity contribution in [1.29, 1.82) is 0 Å². The first-order chi connectivity index (χ1) is 9.54. The second-order valence-corrected chi connectivity index (χ2v) is 5.38. The van der Waals surface area contributed by atoms with Crippen LogP contribution in [0.5, 0.6) is 0 Å². The Labute approximate surface area is 115 Å². The highest BCUT2D eigenvalue weighted by Crippen LogP contribution is 2.34. The number of hydrogen-bond acceptors (Lipinski definition) is 3. The second-order valence-electron chi connectivity index (χ2n) is 5.38. The summed E-state index contributed by atoms with van der Waals surface area (Å²) in [6.07, 6.45) is 2.85. The van der Waals surface area contributed by atoms with Crippen LogP contribution in [-0.4, -0.2) is 29.1 Å². The van der Waals surface area contributed by atoms with Crippen LogP contribution in [0.1, 0.15) is 29.6 Å². The Hall–Kier alpha value is -1.95. The van der Waals surface area contributed by atoms with Crippen molar-refractivity contribution in [2.45, 2.75) is 31.3 Å². The van der Waals surface area contributed by atoms with Gasteiger partial charge in [0.05, 0.1) is 17.2 Å². The van der Waals surface area contributed by atoms with E-state index in [-0.39, 0.29) is 29.1 Å². The summed E-state index contributed by atoms with van der Waals surface area (Å²) >= 11 is 0. The molecule has 2 saturated heterocycles. The maximum absolute atomic E-state index is 13.8. The molecule has 2 aliphatic rings. The van der Waals surface area contributed by atoms with E-state index < -0.39 is 11.8 Å². The average Bonchev–Trinajstić information content (AvgIpc) is 3.03. The van der Waals surface area contributed by atoms with Crippen LogP contribution in [0, 0.1) is 11.7 Å². The predicted molar refractivity (Wildman–Crippen MR) is 70.0 cm³/mol. The van der Waals surface area contributed by atoms with E-state index in [0.717, 1.165) is 25.3 Å². The fourth-order valence-electron chi connectivity index (χ4n) is 3.09. The molecule has 3 atom stereocenters. The van der Waals surface area contributed by atoms with Gasteiger partial charge in [0, 0.05) is 12.1 Å². The monoisotopic (exact) mass is 278 g/mol. The molecule has 0 saturated carbocycles. The molecule has 0 radical (unpaired) electrons. The molecule has 106 valence electrons. The van der Waals surface area contributed by atoms with Crippen molar-refractivity contribution in [3.63, 3.8) is 0 Å². The summed E-state index contributed by atoms with van der Waals surface area (Å²) in [5.41, 5.74) is -0.107. The van der Waals surface area contributed by atoms with Gasteiger partial charge in [-0.3, -0.25) is 4.79 Å². The fraction of sp³-hybridized carbons (Fsp3) is 0.429. The molecular formula is C14H15FN2O3. The van der Waals surface area contributed by atoms with Crippen LogP contribution < -0.4 is 10.6 Å². The average molecular weight is 278 g/mol. The summed E-state index contributed by atoms with van der Waals surface area (Å²) in [5, 5.41) is 14.7. The summed E-state index contributed by atoms with van der Waals surface area (Å²) in [6.45, 7) is 0. The van der Waals surface area contributed by atoms with Gasteiger partial charge in [-0.15, -0.1) is 0 Å². The third kappa shape index (κ3) is 2.27. The molecule has 1 aromatic carbocycles. The minimum Gasteiger partial charge on any atom is -0.478 e. The van der Waals surface area contributed by atoms with Crippen molar-refractivity contribution in [3.05, 3.63) is 29.6 Å². The number of carbonyl (C=O) groups is 2. The highest BCUT2D eigenvalue weighted by molar-refractivity contribution is 5.94. The lowest BCUT2D eigenvalue weighted by Gasteiger charge is -2.19. The van der Waals surface area contributed by atoms with Crippen LogP contribution in [-0.2, 0) is 4.79 Å². The van der Waals surface area contributed by atoms with Crippen molar-refractivity contribution in [2.75, 3.05) is 5.32 Å². The lowest BCUT2D eigenvalue weighted by atomic mass is 9.88. The maximum Gasteiger partial charge on any atom is 0.335 e. The van der Waals surface area contributed by atoms with Crippen molar-refractivity contribution < 1.29 is 19.1 Å². The molecule has 2 aliphatic heterocycles. The lowest BCUT2D eigenvalue weighted by Crippen LogP contribution is -2.33. The molecule has 2 bridgehead atoms. The summed E-state index contributed by atoms with van der Waals surface area (Å²) < 4.78 is 13.8. The van der Waals surface area contributed by atoms with Gasteiger partial charge in [-0.1, -0.05) is 0 Å². The van der Waals surface area contributed by atoms with E-state index in [0.29, 0.717) is 6.04 Å². The predicted octanol–water partition coefficient (Wildman–Crippen LogP) is 1.60. The lowest BCUT2D eigenvalue weighted by molar-refractivity contribution is -0.120. The Morgan fingerprint density at radius 1 is 1.35 bits per heavy atom. The highest BCUT2D eigenvalue weighted by Gasteiger charge is 2.42. The zero-order valence-electron chi connectivity index (χ0n) is 10.7. The molecule has 3 N–H and O–H groups in total. The Bertz CT molecular complexity index is 576. The number of nitrogens with one attached hydrogen (secondary N) is 2. The minimum atomic E-state index is -1.20. The van der Waals surface area contributed by atoms with Crippen LogP contribution in [0.3, 0.4) is 0 Å². The first kappa shape index (κ1) is 13.1.